The van der Waals surface area contributed by atoms with E-state index in [0.29, 0.717) is 0 Å². The molecule has 0 radical (unpaired) electrons. The van der Waals surface area contributed by atoms with Crippen LogP contribution in [0.15, 0.2) is 83.9 Å². The number of para-hydroxylation sites is 1. The summed E-state index contributed by atoms with van der Waals surface area (Å²) in [6.07, 6.45) is 2.73. The molecule has 3 N–H and O–H groups in total. The Morgan fingerprint density at radius 1 is 1.00 bits per heavy atom. The second-order valence-corrected chi connectivity index (χ2v) is 6.64. The standard InChI is InChI=1S/C23H16F2N4O3/c24-17-13-20(32-15-8-10-27-21(26)11-15)18(25)12-19(17)29(14-5-2-1-3-6-14)23(31)16-7-4-9-28-22(16)30/h1-13H,(H2,26,27)(H,28,30). The molecule has 0 saturated heterocycles. The minimum absolute atomic E-state index is 0.147. The maximum atomic E-state index is 15.2. The van der Waals surface area contributed by atoms with Gasteiger partial charge in [-0.15, -0.1) is 0 Å². The highest BCUT2D eigenvalue weighted by molar-refractivity contribution is 6.10. The molecule has 7 nitrogen and oxygen atoms in total. The summed E-state index contributed by atoms with van der Waals surface area (Å²) in [7, 11) is 0. The van der Waals surface area contributed by atoms with Gasteiger partial charge < -0.3 is 15.5 Å². The van der Waals surface area contributed by atoms with Crippen molar-refractivity contribution in [3.63, 3.8) is 0 Å². The van der Waals surface area contributed by atoms with Crippen LogP contribution in [0.25, 0.3) is 0 Å². The molecule has 32 heavy (non-hydrogen) atoms. The molecular weight excluding hydrogens is 418 g/mol. The van der Waals surface area contributed by atoms with Crippen molar-refractivity contribution in [1.29, 1.82) is 0 Å². The molecule has 0 unspecified atom stereocenters. The molecule has 0 spiro atoms. The molecule has 4 aromatic rings. The first kappa shape index (κ1) is 20.7. The third kappa shape index (κ3) is 4.17. The number of carbonyl (C=O) groups is 1. The minimum Gasteiger partial charge on any atom is -0.454 e. The predicted molar refractivity (Wildman–Crippen MR) is 115 cm³/mol. The van der Waals surface area contributed by atoms with E-state index in [1.165, 1.54) is 48.8 Å². The van der Waals surface area contributed by atoms with Crippen molar-refractivity contribution in [2.75, 3.05) is 10.6 Å². The lowest BCUT2D eigenvalue weighted by Gasteiger charge is -2.24. The number of halogens is 2. The Balaban J connectivity index is 1.79. The maximum Gasteiger partial charge on any atom is 0.268 e. The molecule has 2 aromatic heterocycles. The molecule has 160 valence electrons. The number of ether oxygens (including phenoxy) is 1. The van der Waals surface area contributed by atoms with Crippen LogP contribution in [0.2, 0.25) is 0 Å². The molecule has 0 aliphatic heterocycles. The number of nitrogens with two attached hydrogens (primary N) is 1. The number of anilines is 3. The molecule has 0 aliphatic carbocycles. The van der Waals surface area contributed by atoms with Crippen molar-refractivity contribution < 1.29 is 18.3 Å². The van der Waals surface area contributed by atoms with Crippen LogP contribution in [0.4, 0.5) is 26.0 Å². The average molecular weight is 434 g/mol. The van der Waals surface area contributed by atoms with Crippen molar-refractivity contribution in [3.05, 3.63) is 107 Å². The summed E-state index contributed by atoms with van der Waals surface area (Å²) in [4.78, 5) is 32.5. The molecule has 0 atom stereocenters. The van der Waals surface area contributed by atoms with E-state index in [1.54, 1.807) is 18.2 Å². The monoisotopic (exact) mass is 434 g/mol. The second-order valence-electron chi connectivity index (χ2n) is 6.64. The number of rotatable bonds is 5. The summed E-state index contributed by atoms with van der Waals surface area (Å²) >= 11 is 0. The Labute approximate surface area is 180 Å². The third-order valence-corrected chi connectivity index (χ3v) is 4.49. The number of nitrogens with zero attached hydrogens (tertiary/aromatic N) is 2. The highest BCUT2D eigenvalue weighted by Crippen LogP contribution is 2.35. The Morgan fingerprint density at radius 3 is 2.50 bits per heavy atom. The molecule has 1 amide bonds. The molecule has 0 saturated carbocycles. The van der Waals surface area contributed by atoms with E-state index >= 15 is 4.39 Å². The van der Waals surface area contributed by atoms with Gasteiger partial charge in [0.2, 0.25) is 0 Å². The van der Waals surface area contributed by atoms with E-state index in [2.05, 4.69) is 9.97 Å². The van der Waals surface area contributed by atoms with Crippen LogP contribution in [-0.4, -0.2) is 15.9 Å². The number of hydrogen-bond acceptors (Lipinski definition) is 5. The van der Waals surface area contributed by atoms with Gasteiger partial charge in [-0.1, -0.05) is 18.2 Å². The minimum atomic E-state index is -0.937. The molecule has 4 rings (SSSR count). The summed E-state index contributed by atoms with van der Waals surface area (Å²) in [6.45, 7) is 0. The second kappa shape index (κ2) is 8.68. The molecule has 0 bridgehead atoms. The Morgan fingerprint density at radius 2 is 1.78 bits per heavy atom. The van der Waals surface area contributed by atoms with Crippen LogP contribution in [-0.2, 0) is 0 Å². The quantitative estimate of drug-likeness (QED) is 0.485. The van der Waals surface area contributed by atoms with E-state index in [4.69, 9.17) is 10.5 Å². The van der Waals surface area contributed by atoms with E-state index < -0.39 is 28.9 Å². The van der Waals surface area contributed by atoms with Crippen LogP contribution in [0.3, 0.4) is 0 Å². The molecule has 9 heteroatoms. The molecule has 0 aliphatic rings. The fraction of sp³-hybridized carbons (Fsp3) is 0. The van der Waals surface area contributed by atoms with E-state index in [-0.39, 0.29) is 28.5 Å². The Hall–Kier alpha value is -4.53. The Bertz CT molecular complexity index is 1340. The number of nitrogens with one attached hydrogen (secondary N) is 1. The van der Waals surface area contributed by atoms with Gasteiger partial charge in [0.15, 0.2) is 17.4 Å². The van der Waals surface area contributed by atoms with Gasteiger partial charge >= 0.3 is 0 Å². The van der Waals surface area contributed by atoms with E-state index in [0.717, 1.165) is 17.0 Å². The zero-order valence-electron chi connectivity index (χ0n) is 16.5. The summed E-state index contributed by atoms with van der Waals surface area (Å²) in [5.74, 6) is -2.79. The van der Waals surface area contributed by atoms with Crippen LogP contribution >= 0.6 is 0 Å². The summed E-state index contributed by atoms with van der Waals surface area (Å²) in [5.41, 5.74) is 4.55. The number of carbonyl (C=O) groups excluding carboxylic acids is 1. The zero-order valence-corrected chi connectivity index (χ0v) is 16.5. The summed E-state index contributed by atoms with van der Waals surface area (Å²) in [6, 6.07) is 15.2. The average Bonchev–Trinajstić information content (AvgIpc) is 2.78. The number of benzene rings is 2. The SMILES string of the molecule is Nc1cc(Oc2cc(F)c(N(C(=O)c3ccc[nH]c3=O)c3ccccc3)cc2F)ccn1. The first-order valence-electron chi connectivity index (χ1n) is 9.39. The van der Waals surface area contributed by atoms with Gasteiger partial charge in [-0.2, -0.15) is 0 Å². The third-order valence-electron chi connectivity index (χ3n) is 4.49. The van der Waals surface area contributed by atoms with E-state index in [9.17, 15) is 14.0 Å². The van der Waals surface area contributed by atoms with Crippen molar-refractivity contribution >= 4 is 23.1 Å². The molecule has 0 fully saturated rings. The van der Waals surface area contributed by atoms with Crippen molar-refractivity contribution in [1.82, 2.24) is 9.97 Å². The largest absolute Gasteiger partial charge is 0.454 e. The van der Waals surface area contributed by atoms with Crippen molar-refractivity contribution in [2.45, 2.75) is 0 Å². The molecular formula is C23H16F2N4O3. The lowest BCUT2D eigenvalue weighted by Crippen LogP contribution is -2.31. The van der Waals surface area contributed by atoms with Gasteiger partial charge in [0.05, 0.1) is 5.69 Å². The smallest absolute Gasteiger partial charge is 0.268 e. The number of aromatic amines is 1. The summed E-state index contributed by atoms with van der Waals surface area (Å²) < 4.78 is 35.4. The predicted octanol–water partition coefficient (Wildman–Crippen LogP) is 4.40. The number of hydrogen-bond donors (Lipinski definition) is 2. The lowest BCUT2D eigenvalue weighted by molar-refractivity contribution is 0.0997. The molecule has 2 aromatic carbocycles. The first-order valence-corrected chi connectivity index (χ1v) is 9.39. The van der Waals surface area contributed by atoms with Crippen LogP contribution in [0.1, 0.15) is 10.4 Å². The lowest BCUT2D eigenvalue weighted by atomic mass is 10.1. The number of pyridine rings is 2. The summed E-state index contributed by atoms with van der Waals surface area (Å²) in [5, 5.41) is 0. The molecule has 2 heterocycles. The maximum absolute atomic E-state index is 15.2. The van der Waals surface area contributed by atoms with Crippen LogP contribution < -0.4 is 20.9 Å². The van der Waals surface area contributed by atoms with Gasteiger partial charge in [0.1, 0.15) is 17.1 Å². The highest BCUT2D eigenvalue weighted by atomic mass is 19.1. The van der Waals surface area contributed by atoms with Gasteiger partial charge in [0.25, 0.3) is 11.5 Å². The van der Waals surface area contributed by atoms with Gasteiger partial charge in [-0.05, 0) is 30.3 Å². The van der Waals surface area contributed by atoms with Crippen LogP contribution in [0.5, 0.6) is 11.5 Å². The Kier molecular flexibility index (Phi) is 5.63. The van der Waals surface area contributed by atoms with Gasteiger partial charge in [0, 0.05) is 36.3 Å². The van der Waals surface area contributed by atoms with Crippen molar-refractivity contribution in [2.24, 2.45) is 0 Å². The highest BCUT2D eigenvalue weighted by Gasteiger charge is 2.26. The number of nitrogen functional groups attached to an aromatic ring is 1. The van der Waals surface area contributed by atoms with Crippen LogP contribution in [0, 0.1) is 11.6 Å². The fourth-order valence-corrected chi connectivity index (χ4v) is 3.04. The number of H-pyrrole nitrogens is 1. The normalized spacial score (nSPS) is 10.6. The fourth-order valence-electron chi connectivity index (χ4n) is 3.04. The van der Waals surface area contributed by atoms with E-state index in [1.807, 2.05) is 0 Å². The zero-order chi connectivity index (χ0) is 22.7. The number of amides is 1. The van der Waals surface area contributed by atoms with Gasteiger partial charge in [-0.25, -0.2) is 13.8 Å². The van der Waals surface area contributed by atoms with Crippen molar-refractivity contribution in [3.8, 4) is 11.5 Å². The topological polar surface area (TPSA) is 101 Å². The number of aromatic nitrogens is 2. The first-order chi connectivity index (χ1) is 15.4. The van der Waals surface area contributed by atoms with Gasteiger partial charge in [-0.3, -0.25) is 14.5 Å².